The van der Waals surface area contributed by atoms with Crippen molar-refractivity contribution in [1.82, 2.24) is 0 Å². The predicted octanol–water partition coefficient (Wildman–Crippen LogP) is -0.470. The van der Waals surface area contributed by atoms with Crippen LogP contribution < -0.4 is 0 Å². The summed E-state index contributed by atoms with van der Waals surface area (Å²) in [7, 11) is 0. The van der Waals surface area contributed by atoms with Crippen LogP contribution in [0.5, 0.6) is 0 Å². The molecule has 3 rings (SSSR count). The van der Waals surface area contributed by atoms with Gasteiger partial charge in [0.25, 0.3) is 0 Å². The van der Waals surface area contributed by atoms with E-state index >= 15 is 0 Å². The largest absolute Gasteiger partial charge is 0.456 e. The molecule has 3 aliphatic heterocycles. The number of rotatable bonds is 7. The number of fused-ring (bicyclic) bond motifs is 2. The monoisotopic (exact) mass is 518 g/mol. The Kier molecular flexibility index (Phi) is 8.87. The Hall–Kier alpha value is -2.81. The lowest BCUT2D eigenvalue weighted by atomic mass is 9.97. The van der Waals surface area contributed by atoms with Crippen molar-refractivity contribution < 1.29 is 66.6 Å². The fourth-order valence-electron chi connectivity index (χ4n) is 4.38. The molecule has 3 saturated heterocycles. The van der Waals surface area contributed by atoms with Crippen LogP contribution in [0.25, 0.3) is 0 Å². The normalized spacial score (nSPS) is 37.4. The van der Waals surface area contributed by atoms with E-state index in [4.69, 9.17) is 42.6 Å². The third-order valence-electron chi connectivity index (χ3n) is 5.54. The van der Waals surface area contributed by atoms with Crippen LogP contribution in [0, 0.1) is 0 Å². The molecule has 202 valence electrons. The summed E-state index contributed by atoms with van der Waals surface area (Å²) < 4.78 is 50.1. The summed E-state index contributed by atoms with van der Waals surface area (Å²) in [4.78, 5) is 59.1. The van der Waals surface area contributed by atoms with Gasteiger partial charge in [-0.15, -0.1) is 0 Å². The van der Waals surface area contributed by atoms with E-state index in [1.807, 2.05) is 0 Å². The maximum Gasteiger partial charge on any atom is 0.303 e. The average molecular weight is 518 g/mol. The minimum absolute atomic E-state index is 0.00875. The van der Waals surface area contributed by atoms with E-state index < -0.39 is 91.3 Å². The first kappa shape index (κ1) is 27.8. The number of ether oxygens (including phenoxy) is 9. The van der Waals surface area contributed by atoms with Crippen molar-refractivity contribution in [2.24, 2.45) is 0 Å². The lowest BCUT2D eigenvalue weighted by molar-refractivity contribution is -0.336. The molecule has 0 radical (unpaired) electrons. The van der Waals surface area contributed by atoms with Gasteiger partial charge in [0, 0.05) is 34.6 Å². The molecule has 2 bridgehead atoms. The van der Waals surface area contributed by atoms with Gasteiger partial charge in [-0.25, -0.2) is 0 Å². The molecule has 3 aliphatic rings. The zero-order chi connectivity index (χ0) is 26.7. The zero-order valence-corrected chi connectivity index (χ0v) is 20.7. The second-order valence-electron chi connectivity index (χ2n) is 8.56. The fourth-order valence-corrected chi connectivity index (χ4v) is 4.38. The zero-order valence-electron chi connectivity index (χ0n) is 20.7. The van der Waals surface area contributed by atoms with Gasteiger partial charge in [0.15, 0.2) is 43.1 Å². The summed E-state index contributed by atoms with van der Waals surface area (Å²) in [6.07, 6.45) is -11.3. The Labute approximate surface area is 206 Å². The Balaban J connectivity index is 1.95. The summed E-state index contributed by atoms with van der Waals surface area (Å²) >= 11 is 0. The summed E-state index contributed by atoms with van der Waals surface area (Å²) in [5, 5.41) is 0. The highest BCUT2D eigenvalue weighted by Crippen LogP contribution is 2.37. The second-order valence-corrected chi connectivity index (χ2v) is 8.56. The molecule has 14 heteroatoms. The standard InChI is InChI=1S/C22H30O14/c1-8-15(30-9(2)23)17(31-10(3)24)20(34-13(6)27)22(29-8)36-16-14-7-28-21(35-14)19(33-12(5)26)18(16)32-11(4)25/h8,14-22H,7H2,1-6H3/t8-,14-,15-,16-,17+,18+,19-,20-,21-,22-/m1/s1. The van der Waals surface area contributed by atoms with E-state index in [2.05, 4.69) is 0 Å². The van der Waals surface area contributed by atoms with Crippen LogP contribution in [-0.2, 0) is 66.6 Å². The topological polar surface area (TPSA) is 168 Å². The van der Waals surface area contributed by atoms with Crippen molar-refractivity contribution in [3.05, 3.63) is 0 Å². The number of hydrogen-bond donors (Lipinski definition) is 0. The lowest BCUT2D eigenvalue weighted by Crippen LogP contribution is -2.64. The Morgan fingerprint density at radius 3 is 1.56 bits per heavy atom. The molecular formula is C22H30O14. The first-order valence-electron chi connectivity index (χ1n) is 11.3. The van der Waals surface area contributed by atoms with E-state index in [0.29, 0.717) is 0 Å². The van der Waals surface area contributed by atoms with Gasteiger partial charge in [-0.1, -0.05) is 0 Å². The lowest BCUT2D eigenvalue weighted by Gasteiger charge is -2.46. The highest BCUT2D eigenvalue weighted by atomic mass is 16.8. The first-order chi connectivity index (χ1) is 16.9. The molecule has 10 atom stereocenters. The van der Waals surface area contributed by atoms with Gasteiger partial charge in [-0.3, -0.25) is 24.0 Å². The highest BCUT2D eigenvalue weighted by Gasteiger charge is 2.58. The Morgan fingerprint density at radius 1 is 0.583 bits per heavy atom. The van der Waals surface area contributed by atoms with Crippen LogP contribution in [-0.4, -0.2) is 97.9 Å². The Bertz CT molecular complexity index is 873. The fraction of sp³-hybridized carbons (Fsp3) is 0.773. The van der Waals surface area contributed by atoms with Crippen molar-refractivity contribution in [2.75, 3.05) is 6.61 Å². The summed E-state index contributed by atoms with van der Waals surface area (Å²) in [6.45, 7) is 7.31. The molecule has 0 aromatic heterocycles. The maximum atomic E-state index is 11.9. The van der Waals surface area contributed by atoms with Crippen LogP contribution in [0.4, 0.5) is 0 Å². The molecule has 0 saturated carbocycles. The van der Waals surface area contributed by atoms with Gasteiger partial charge >= 0.3 is 29.8 Å². The third kappa shape index (κ3) is 6.49. The van der Waals surface area contributed by atoms with Crippen molar-refractivity contribution in [3.63, 3.8) is 0 Å². The van der Waals surface area contributed by atoms with E-state index in [1.54, 1.807) is 6.92 Å². The Morgan fingerprint density at radius 2 is 1.03 bits per heavy atom. The maximum absolute atomic E-state index is 11.9. The number of carbonyl (C=O) groups is 5. The van der Waals surface area contributed by atoms with E-state index in [1.165, 1.54) is 13.8 Å². The number of esters is 5. The minimum atomic E-state index is -1.40. The van der Waals surface area contributed by atoms with Crippen LogP contribution in [0.1, 0.15) is 41.5 Å². The van der Waals surface area contributed by atoms with Crippen LogP contribution in [0.3, 0.4) is 0 Å². The molecule has 3 heterocycles. The number of hydrogen-bond acceptors (Lipinski definition) is 14. The van der Waals surface area contributed by atoms with Crippen molar-refractivity contribution in [3.8, 4) is 0 Å². The van der Waals surface area contributed by atoms with Crippen LogP contribution >= 0.6 is 0 Å². The van der Waals surface area contributed by atoms with Crippen LogP contribution in [0.2, 0.25) is 0 Å². The summed E-state index contributed by atoms with van der Waals surface area (Å²) in [5.41, 5.74) is 0. The van der Waals surface area contributed by atoms with Gasteiger partial charge in [-0.2, -0.15) is 0 Å². The molecule has 0 spiro atoms. The minimum Gasteiger partial charge on any atom is -0.456 e. The van der Waals surface area contributed by atoms with Crippen LogP contribution in [0.15, 0.2) is 0 Å². The van der Waals surface area contributed by atoms with E-state index in [-0.39, 0.29) is 6.61 Å². The molecule has 0 aliphatic carbocycles. The van der Waals surface area contributed by atoms with E-state index in [0.717, 1.165) is 20.8 Å². The molecule has 14 nitrogen and oxygen atoms in total. The SMILES string of the molecule is CC(=O)O[C@@H]1[C@@H](OC(C)=O)[C@@H](O[C@H]2[C@H](OC(C)=O)[C@@H](OC(C)=O)[C@@H]3OC[C@H]2O3)O[C@H](C)[C@H]1OC(C)=O. The number of carbonyl (C=O) groups excluding carboxylic acids is 5. The van der Waals surface area contributed by atoms with Gasteiger partial charge in [0.1, 0.15) is 12.2 Å². The molecule has 36 heavy (non-hydrogen) atoms. The second kappa shape index (κ2) is 11.5. The summed E-state index contributed by atoms with van der Waals surface area (Å²) in [6, 6.07) is 0. The first-order valence-corrected chi connectivity index (χ1v) is 11.3. The predicted molar refractivity (Wildman–Crippen MR) is 112 cm³/mol. The van der Waals surface area contributed by atoms with Crippen molar-refractivity contribution in [1.29, 1.82) is 0 Å². The van der Waals surface area contributed by atoms with Gasteiger partial charge in [0.05, 0.1) is 12.7 Å². The summed E-state index contributed by atoms with van der Waals surface area (Å²) in [5.74, 6) is -3.53. The van der Waals surface area contributed by atoms with Gasteiger partial charge in [-0.05, 0) is 6.92 Å². The quantitative estimate of drug-likeness (QED) is 0.313. The molecule has 0 aromatic rings. The van der Waals surface area contributed by atoms with Gasteiger partial charge < -0.3 is 42.6 Å². The molecule has 0 unspecified atom stereocenters. The molecule has 3 fully saturated rings. The average Bonchev–Trinajstić information content (AvgIpc) is 3.18. The van der Waals surface area contributed by atoms with Crippen molar-refractivity contribution >= 4 is 29.8 Å². The molecule has 0 aromatic carbocycles. The molecule has 0 amide bonds. The smallest absolute Gasteiger partial charge is 0.303 e. The van der Waals surface area contributed by atoms with Crippen molar-refractivity contribution in [2.45, 2.75) is 103 Å². The molecular weight excluding hydrogens is 488 g/mol. The molecule has 0 N–H and O–H groups in total. The third-order valence-corrected chi connectivity index (χ3v) is 5.54. The van der Waals surface area contributed by atoms with Gasteiger partial charge in [0.2, 0.25) is 0 Å². The highest BCUT2D eigenvalue weighted by molar-refractivity contribution is 5.69. The van der Waals surface area contributed by atoms with E-state index in [9.17, 15) is 24.0 Å².